The van der Waals surface area contributed by atoms with Gasteiger partial charge >= 0.3 is 5.97 Å². The van der Waals surface area contributed by atoms with Crippen molar-refractivity contribution in [2.24, 2.45) is 0 Å². The molecule has 3 rings (SSSR count). The molecule has 29 heavy (non-hydrogen) atoms. The second-order valence-corrected chi connectivity index (χ2v) is 6.43. The van der Waals surface area contributed by atoms with Crippen molar-refractivity contribution >= 4 is 40.8 Å². The maximum atomic E-state index is 12.2. The molecule has 8 nitrogen and oxygen atoms in total. The summed E-state index contributed by atoms with van der Waals surface area (Å²) in [4.78, 5) is 59.9. The third-order valence-corrected chi connectivity index (χ3v) is 4.27. The largest absolute Gasteiger partial charge is 0.454 e. The number of esters is 1. The summed E-state index contributed by atoms with van der Waals surface area (Å²) in [6.45, 7) is 0.940. The number of nitrogens with one attached hydrogen (secondary N) is 1. The first-order valence-corrected chi connectivity index (χ1v) is 8.89. The number of carbonyl (C=O) groups excluding carboxylic acids is 5. The van der Waals surface area contributed by atoms with Crippen molar-refractivity contribution in [3.05, 3.63) is 59.7 Å². The number of imide groups is 1. The molecule has 2 aromatic carbocycles. The molecule has 1 N–H and O–H groups in total. The van der Waals surface area contributed by atoms with E-state index in [-0.39, 0.29) is 36.1 Å². The summed E-state index contributed by atoms with van der Waals surface area (Å²) in [5, 5.41) is 2.59. The molecule has 1 aliphatic heterocycles. The minimum Gasteiger partial charge on any atom is -0.454 e. The summed E-state index contributed by atoms with van der Waals surface area (Å²) in [5.41, 5.74) is 1.49. The van der Waals surface area contributed by atoms with Crippen molar-refractivity contribution in [1.29, 1.82) is 0 Å². The molecular formula is C21H18N2O6. The molecule has 8 heteroatoms. The average Bonchev–Trinajstić information content (AvgIpc) is 3.04. The van der Waals surface area contributed by atoms with Crippen LogP contribution in [0.5, 0.6) is 0 Å². The first kappa shape index (κ1) is 19.9. The molecule has 0 saturated carbocycles. The molecule has 0 bridgehead atoms. The van der Waals surface area contributed by atoms with Crippen LogP contribution in [0.3, 0.4) is 0 Å². The number of hydrogen-bond donors (Lipinski definition) is 1. The number of ether oxygens (including phenoxy) is 1. The van der Waals surface area contributed by atoms with Gasteiger partial charge in [-0.2, -0.15) is 0 Å². The Labute approximate surface area is 166 Å². The van der Waals surface area contributed by atoms with Gasteiger partial charge in [-0.1, -0.05) is 0 Å². The van der Waals surface area contributed by atoms with Crippen molar-refractivity contribution < 1.29 is 28.7 Å². The molecule has 0 unspecified atom stereocenters. The van der Waals surface area contributed by atoms with Crippen molar-refractivity contribution in [2.45, 2.75) is 19.8 Å². The predicted octanol–water partition coefficient (Wildman–Crippen LogP) is 2.34. The fourth-order valence-electron chi connectivity index (χ4n) is 2.85. The van der Waals surface area contributed by atoms with E-state index in [1.165, 1.54) is 43.3 Å². The summed E-state index contributed by atoms with van der Waals surface area (Å²) in [7, 11) is 0. The number of hydrogen-bond acceptors (Lipinski definition) is 6. The van der Waals surface area contributed by atoms with E-state index in [9.17, 15) is 24.0 Å². The molecule has 0 spiro atoms. The highest BCUT2D eigenvalue weighted by Crippen LogP contribution is 2.23. The van der Waals surface area contributed by atoms with Crippen molar-refractivity contribution in [2.75, 3.05) is 16.8 Å². The normalized spacial score (nSPS) is 13.3. The lowest BCUT2D eigenvalue weighted by Crippen LogP contribution is -2.28. The number of rotatable bonds is 6. The molecule has 2 aromatic rings. The van der Waals surface area contributed by atoms with Crippen LogP contribution in [0.2, 0.25) is 0 Å². The van der Waals surface area contributed by atoms with Crippen molar-refractivity contribution in [1.82, 2.24) is 0 Å². The van der Waals surface area contributed by atoms with Crippen LogP contribution < -0.4 is 10.2 Å². The summed E-state index contributed by atoms with van der Waals surface area (Å²) < 4.78 is 5.04. The first-order chi connectivity index (χ1) is 13.8. The van der Waals surface area contributed by atoms with Crippen LogP contribution >= 0.6 is 0 Å². The Morgan fingerprint density at radius 1 is 0.897 bits per heavy atom. The second kappa shape index (κ2) is 8.47. The average molecular weight is 394 g/mol. The van der Waals surface area contributed by atoms with Gasteiger partial charge in [0.15, 0.2) is 12.4 Å². The monoisotopic (exact) mass is 394 g/mol. The third kappa shape index (κ3) is 4.73. The maximum absolute atomic E-state index is 12.2. The summed E-state index contributed by atoms with van der Waals surface area (Å²) >= 11 is 0. The zero-order valence-electron chi connectivity index (χ0n) is 15.6. The van der Waals surface area contributed by atoms with E-state index >= 15 is 0 Å². The minimum atomic E-state index is -0.696. The maximum Gasteiger partial charge on any atom is 0.338 e. The lowest BCUT2D eigenvalue weighted by Gasteiger charge is -2.14. The Balaban J connectivity index is 1.57. The number of Topliss-reactive ketones (excluding diaryl/α,β-unsaturated/α-hetero) is 1. The van der Waals surface area contributed by atoms with E-state index in [1.807, 2.05) is 0 Å². The van der Waals surface area contributed by atoms with Crippen LogP contribution in [0, 0.1) is 0 Å². The number of anilines is 2. The Kier molecular flexibility index (Phi) is 5.82. The van der Waals surface area contributed by atoms with Crippen LogP contribution in [-0.2, 0) is 19.1 Å². The molecule has 0 aliphatic carbocycles. The second-order valence-electron chi connectivity index (χ2n) is 6.43. The Morgan fingerprint density at radius 3 is 2.00 bits per heavy atom. The van der Waals surface area contributed by atoms with Crippen LogP contribution in [0.25, 0.3) is 0 Å². The Hall–Kier alpha value is -3.81. The van der Waals surface area contributed by atoms with Crippen LogP contribution in [0.4, 0.5) is 11.4 Å². The molecule has 0 aromatic heterocycles. The van der Waals surface area contributed by atoms with E-state index < -0.39 is 18.4 Å². The summed E-state index contributed by atoms with van der Waals surface area (Å²) in [5.74, 6) is -1.86. The predicted molar refractivity (Wildman–Crippen MR) is 104 cm³/mol. The Bertz CT molecular complexity index is 963. The molecule has 1 saturated heterocycles. The van der Waals surface area contributed by atoms with E-state index in [1.54, 1.807) is 12.1 Å². The molecular weight excluding hydrogens is 376 g/mol. The smallest absolute Gasteiger partial charge is 0.338 e. The third-order valence-electron chi connectivity index (χ3n) is 4.27. The summed E-state index contributed by atoms with van der Waals surface area (Å²) in [6.07, 6.45) is 0.354. The fraction of sp³-hybridized carbons (Fsp3) is 0.190. The number of amides is 3. The highest BCUT2D eigenvalue weighted by Gasteiger charge is 2.30. The van der Waals surface area contributed by atoms with Crippen LogP contribution in [-0.4, -0.2) is 36.1 Å². The quantitative estimate of drug-likeness (QED) is 0.457. The topological polar surface area (TPSA) is 110 Å². The van der Waals surface area contributed by atoms with Gasteiger partial charge in [0.25, 0.3) is 0 Å². The Morgan fingerprint density at radius 2 is 1.45 bits per heavy atom. The number of nitrogens with zero attached hydrogens (tertiary/aromatic N) is 1. The molecule has 1 fully saturated rings. The van der Waals surface area contributed by atoms with Gasteiger partial charge in [0.2, 0.25) is 17.7 Å². The van der Waals surface area contributed by atoms with Gasteiger partial charge in [-0.25, -0.2) is 4.79 Å². The minimum absolute atomic E-state index is 0.177. The molecule has 1 aliphatic rings. The lowest BCUT2D eigenvalue weighted by molar-refractivity contribution is -0.121. The van der Waals surface area contributed by atoms with Crippen LogP contribution in [0.1, 0.15) is 40.5 Å². The number of ketones is 1. The van der Waals surface area contributed by atoms with Gasteiger partial charge in [-0.05, 0) is 48.5 Å². The van der Waals surface area contributed by atoms with Crippen LogP contribution in [0.15, 0.2) is 48.5 Å². The van der Waals surface area contributed by atoms with Gasteiger partial charge in [0.1, 0.15) is 0 Å². The number of benzene rings is 2. The zero-order chi connectivity index (χ0) is 21.0. The molecule has 3 amide bonds. The highest BCUT2D eigenvalue weighted by atomic mass is 16.5. The highest BCUT2D eigenvalue weighted by molar-refractivity contribution is 6.19. The van der Waals surface area contributed by atoms with Crippen molar-refractivity contribution in [3.8, 4) is 0 Å². The molecule has 1 heterocycles. The SMILES string of the molecule is CC(=O)Nc1ccc(C(=O)COC(=O)c2ccc(N3C(=O)CCC3=O)cc2)cc1. The van der Waals surface area contributed by atoms with E-state index in [0.717, 1.165) is 4.90 Å². The van der Waals surface area contributed by atoms with Gasteiger partial charge < -0.3 is 10.1 Å². The lowest BCUT2D eigenvalue weighted by atomic mass is 10.1. The van der Waals surface area contributed by atoms with E-state index in [2.05, 4.69) is 5.32 Å². The van der Waals surface area contributed by atoms with Gasteiger partial charge in [0, 0.05) is 31.0 Å². The molecule has 0 radical (unpaired) electrons. The van der Waals surface area contributed by atoms with Crippen molar-refractivity contribution in [3.63, 3.8) is 0 Å². The molecule has 0 atom stereocenters. The standard InChI is InChI=1S/C21H18N2O6/c1-13(24)22-16-6-2-14(3-7-16)18(25)12-29-21(28)15-4-8-17(9-5-15)23-19(26)10-11-20(23)27/h2-9H,10-12H2,1H3,(H,22,24). The van der Waals surface area contributed by atoms with Gasteiger partial charge in [0.05, 0.1) is 11.3 Å². The summed E-state index contributed by atoms with van der Waals surface area (Å²) in [6, 6.07) is 12.1. The van der Waals surface area contributed by atoms with E-state index in [0.29, 0.717) is 16.9 Å². The fourth-order valence-corrected chi connectivity index (χ4v) is 2.85. The van der Waals surface area contributed by atoms with Gasteiger partial charge in [-0.3, -0.25) is 24.1 Å². The zero-order valence-corrected chi connectivity index (χ0v) is 15.6. The number of carbonyl (C=O) groups is 5. The van der Waals surface area contributed by atoms with E-state index in [4.69, 9.17) is 4.74 Å². The molecule has 148 valence electrons. The first-order valence-electron chi connectivity index (χ1n) is 8.89. The van der Waals surface area contributed by atoms with Gasteiger partial charge in [-0.15, -0.1) is 0 Å².